The SMILES string of the molecule is C1CSCCN1.COc1cc2c(Nc3ccc(Oc4ccccc4OC)cc3)c(C#N)cnc2cc1OC[C@@H](O)CN1CCSCC1.COc1cc2c(Nc3ccc(Oc4ccccc4OC)cc3)c(C#N)cnc2cc1OC[C@@H]1CO1. The van der Waals surface area contributed by atoms with Crippen LogP contribution in [0.3, 0.4) is 0 Å². The van der Waals surface area contributed by atoms with Crippen molar-refractivity contribution >= 4 is 68.1 Å². The molecule has 6 aromatic carbocycles. The van der Waals surface area contributed by atoms with Crippen molar-refractivity contribution in [3.8, 4) is 69.6 Å². The molecule has 8 aromatic rings. The van der Waals surface area contributed by atoms with Gasteiger partial charge in [-0.15, -0.1) is 0 Å². The Bertz CT molecular complexity index is 3470. The highest BCUT2D eigenvalue weighted by molar-refractivity contribution is 7.99. The smallest absolute Gasteiger partial charge is 0.169 e. The van der Waals surface area contributed by atoms with E-state index in [0.717, 1.165) is 41.4 Å². The molecule has 0 bridgehead atoms. The van der Waals surface area contributed by atoms with Gasteiger partial charge in [0.1, 0.15) is 49.1 Å². The molecule has 3 saturated heterocycles. The molecule has 82 heavy (non-hydrogen) atoms. The highest BCUT2D eigenvalue weighted by atomic mass is 32.2. The summed E-state index contributed by atoms with van der Waals surface area (Å²) in [5.41, 5.74) is 4.88. The number of β-amino-alcohol motifs (C(OH)–C–C–N with tert-alkyl or cyclic N) is 1. The normalized spacial score (nSPS) is 14.9. The molecule has 0 amide bonds. The number of nitriles is 2. The Kier molecular flexibility index (Phi) is 20.9. The number of methoxy groups -OCH3 is 4. The zero-order chi connectivity index (χ0) is 57.0. The van der Waals surface area contributed by atoms with Gasteiger partial charge in [-0.25, -0.2) is 0 Å². The molecule has 5 heterocycles. The van der Waals surface area contributed by atoms with Gasteiger partial charge in [0.15, 0.2) is 46.0 Å². The first kappa shape index (κ1) is 58.3. The van der Waals surface area contributed by atoms with Crippen molar-refractivity contribution < 1.29 is 47.7 Å². The number of benzene rings is 6. The van der Waals surface area contributed by atoms with Crippen LogP contribution >= 0.6 is 23.5 Å². The highest BCUT2D eigenvalue weighted by Gasteiger charge is 2.25. The third kappa shape index (κ3) is 15.8. The van der Waals surface area contributed by atoms with Crippen LogP contribution in [0.25, 0.3) is 21.8 Å². The van der Waals surface area contributed by atoms with Crippen LogP contribution in [-0.4, -0.2) is 136 Å². The number of nitrogens with zero attached hydrogens (tertiary/aromatic N) is 5. The summed E-state index contributed by atoms with van der Waals surface area (Å²) in [6.07, 6.45) is 2.57. The van der Waals surface area contributed by atoms with Gasteiger partial charge in [-0.3, -0.25) is 14.9 Å². The number of aliphatic hydroxyl groups excluding tert-OH is 1. The van der Waals surface area contributed by atoms with E-state index in [0.29, 0.717) is 116 Å². The van der Waals surface area contributed by atoms with Crippen LogP contribution < -0.4 is 53.8 Å². The Balaban J connectivity index is 0.000000181. The lowest BCUT2D eigenvalue weighted by Crippen LogP contribution is -2.40. The predicted octanol–water partition coefficient (Wildman–Crippen LogP) is 11.2. The van der Waals surface area contributed by atoms with Gasteiger partial charge in [0.05, 0.1) is 68.6 Å². The number of epoxide rings is 1. The number of para-hydroxylation sites is 4. The monoisotopic (exact) mass is 1140 g/mol. The van der Waals surface area contributed by atoms with E-state index < -0.39 is 6.10 Å². The van der Waals surface area contributed by atoms with Crippen molar-refractivity contribution in [2.45, 2.75) is 12.2 Å². The number of ether oxygens (including phenoxy) is 9. The quantitative estimate of drug-likeness (QED) is 0.0521. The third-order valence-corrected chi connectivity index (χ3v) is 15.0. The van der Waals surface area contributed by atoms with Crippen LogP contribution in [0.15, 0.2) is 134 Å². The van der Waals surface area contributed by atoms with Gasteiger partial charge in [-0.2, -0.15) is 34.0 Å². The zero-order valence-electron chi connectivity index (χ0n) is 46.0. The molecule has 3 fully saturated rings. The maximum atomic E-state index is 10.6. The van der Waals surface area contributed by atoms with E-state index in [1.807, 2.05) is 133 Å². The number of rotatable bonds is 20. The minimum absolute atomic E-state index is 0.122. The van der Waals surface area contributed by atoms with Crippen molar-refractivity contribution in [2.24, 2.45) is 0 Å². The minimum Gasteiger partial charge on any atom is -0.493 e. The summed E-state index contributed by atoms with van der Waals surface area (Å²) in [7, 11) is 6.35. The third-order valence-electron chi connectivity index (χ3n) is 13.1. The zero-order valence-corrected chi connectivity index (χ0v) is 47.6. The maximum Gasteiger partial charge on any atom is 0.169 e. The fourth-order valence-electron chi connectivity index (χ4n) is 8.73. The molecule has 3 aliphatic rings. The lowest BCUT2D eigenvalue weighted by atomic mass is 10.1. The van der Waals surface area contributed by atoms with Crippen LogP contribution in [0.5, 0.6) is 57.5 Å². The lowest BCUT2D eigenvalue weighted by Gasteiger charge is -2.28. The molecular weight excluding hydrogens is 1080 g/mol. The highest BCUT2D eigenvalue weighted by Crippen LogP contribution is 2.40. The Morgan fingerprint density at radius 1 is 0.610 bits per heavy atom. The summed E-state index contributed by atoms with van der Waals surface area (Å²) < 4.78 is 50.9. The fraction of sp³-hybridized carbons (Fsp3) is 0.290. The van der Waals surface area contributed by atoms with E-state index >= 15 is 0 Å². The van der Waals surface area contributed by atoms with Crippen LogP contribution in [0.2, 0.25) is 0 Å². The summed E-state index contributed by atoms with van der Waals surface area (Å²) in [4.78, 5) is 11.2. The van der Waals surface area contributed by atoms with Gasteiger partial charge in [0, 0.05) is 102 Å². The first-order chi connectivity index (χ1) is 40.2. The Morgan fingerprint density at radius 2 is 1.06 bits per heavy atom. The van der Waals surface area contributed by atoms with Crippen LogP contribution in [-0.2, 0) is 4.74 Å². The van der Waals surface area contributed by atoms with Crippen molar-refractivity contribution in [1.82, 2.24) is 20.2 Å². The average Bonchev–Trinajstić information content (AvgIpc) is 4.40. The van der Waals surface area contributed by atoms with Crippen LogP contribution in [0.4, 0.5) is 22.7 Å². The van der Waals surface area contributed by atoms with E-state index in [4.69, 9.17) is 42.6 Å². The molecule has 0 aliphatic carbocycles. The first-order valence-electron chi connectivity index (χ1n) is 26.6. The van der Waals surface area contributed by atoms with Gasteiger partial charge in [-0.1, -0.05) is 24.3 Å². The van der Waals surface area contributed by atoms with Crippen molar-refractivity contribution in [3.63, 3.8) is 0 Å². The Hall–Kier alpha value is -8.34. The number of hydrogen-bond acceptors (Lipinski definition) is 20. The molecule has 0 unspecified atom stereocenters. The Morgan fingerprint density at radius 3 is 1.48 bits per heavy atom. The van der Waals surface area contributed by atoms with E-state index in [2.05, 4.69) is 43.0 Å². The van der Waals surface area contributed by atoms with E-state index in [1.165, 1.54) is 30.8 Å². The molecule has 0 saturated carbocycles. The molecule has 0 spiro atoms. The summed E-state index contributed by atoms with van der Waals surface area (Å²) in [6, 6.07) is 41.4. The number of pyridine rings is 2. The minimum atomic E-state index is -0.625. The second-order valence-corrected chi connectivity index (χ2v) is 21.1. The Labute approximate surface area is 485 Å². The van der Waals surface area contributed by atoms with Crippen LogP contribution in [0.1, 0.15) is 11.1 Å². The number of thioether (sulfide) groups is 2. The van der Waals surface area contributed by atoms with Gasteiger partial charge in [-0.05, 0) is 84.9 Å². The molecule has 2 aromatic heterocycles. The summed E-state index contributed by atoms with van der Waals surface area (Å²) in [6.45, 7) is 6.23. The number of anilines is 4. The largest absolute Gasteiger partial charge is 0.493 e. The van der Waals surface area contributed by atoms with Crippen molar-refractivity contribution in [3.05, 3.63) is 145 Å². The van der Waals surface area contributed by atoms with E-state index in [-0.39, 0.29) is 12.7 Å². The van der Waals surface area contributed by atoms with Crippen molar-refractivity contribution in [1.29, 1.82) is 10.5 Å². The number of aliphatic hydroxyl groups is 1. The predicted molar refractivity (Wildman–Crippen MR) is 322 cm³/mol. The molecular formula is C62H64N8O10S2. The lowest BCUT2D eigenvalue weighted by molar-refractivity contribution is 0.0705. The fourth-order valence-corrected chi connectivity index (χ4v) is 10.5. The molecule has 4 N–H and O–H groups in total. The van der Waals surface area contributed by atoms with Crippen molar-refractivity contribution in [2.75, 3.05) is 115 Å². The summed E-state index contributed by atoms with van der Waals surface area (Å²) in [5.74, 6) is 10.7. The maximum absolute atomic E-state index is 10.6. The molecule has 2 atom stereocenters. The average molecular weight is 1150 g/mol. The van der Waals surface area contributed by atoms with Gasteiger partial charge in [0.2, 0.25) is 0 Å². The number of nitrogens with one attached hydrogen (secondary N) is 3. The van der Waals surface area contributed by atoms with Gasteiger partial charge in [0.25, 0.3) is 0 Å². The number of hydrogen-bond donors (Lipinski definition) is 4. The van der Waals surface area contributed by atoms with E-state index in [9.17, 15) is 15.6 Å². The van der Waals surface area contributed by atoms with Crippen LogP contribution in [0, 0.1) is 22.7 Å². The summed E-state index contributed by atoms with van der Waals surface area (Å²) in [5, 5.41) is 41.5. The molecule has 3 aliphatic heterocycles. The molecule has 424 valence electrons. The molecule has 11 rings (SSSR count). The standard InChI is InChI=1S/C31H32N4O5S.C27H23N3O5.C4H9NS/c1-37-27-5-3-4-6-28(27)40-24-9-7-22(8-10-24)34-31-21(17-32)18-33-26-16-30(29(38-2)15-25(26)31)39-20-23(36)19-35-11-13-41-14-12-35;1-31-23-5-3-4-6-24(23)35-19-9-7-18(8-10-19)30-27-17(13-28)14-29-22-12-26(34-16-20-15-33-20)25(32-2)11-21(22)27;1-3-6-4-2-5-1/h3-10,15-16,18,23,36H,11-14,19-20H2,1-2H3,(H,33,34);3-12,14,20H,15-16H2,1-2H3,(H,29,30);5H,1-4H2/t23-;20-;/m00./s1. The second-order valence-electron chi connectivity index (χ2n) is 18.7. The topological polar surface area (TPSA) is 219 Å². The first-order valence-corrected chi connectivity index (χ1v) is 28.9. The summed E-state index contributed by atoms with van der Waals surface area (Å²) >= 11 is 3.97. The molecule has 18 nitrogen and oxygen atoms in total. The number of fused-ring (bicyclic) bond motifs is 2. The van der Waals surface area contributed by atoms with E-state index in [1.54, 1.807) is 46.8 Å². The molecule has 20 heteroatoms. The molecule has 0 radical (unpaired) electrons. The van der Waals surface area contributed by atoms with Gasteiger partial charge >= 0.3 is 0 Å². The second kappa shape index (κ2) is 29.4. The number of aromatic nitrogens is 2. The van der Waals surface area contributed by atoms with Gasteiger partial charge < -0.3 is 63.7 Å².